The molecule has 8 rings (SSSR count). The van der Waals surface area contributed by atoms with E-state index >= 15 is 0 Å². The van der Waals surface area contributed by atoms with Gasteiger partial charge in [-0.25, -0.2) is 13.2 Å². The van der Waals surface area contributed by atoms with Crippen molar-refractivity contribution in [3.63, 3.8) is 0 Å². The molecule has 0 atom stereocenters. The Hall–Kier alpha value is -6.02. The van der Waals surface area contributed by atoms with E-state index in [4.69, 9.17) is 11.6 Å². The Morgan fingerprint density at radius 1 is 0.661 bits per heavy atom. The second-order valence-electron chi connectivity index (χ2n) is 12.5. The molecule has 0 fully saturated rings. The van der Waals surface area contributed by atoms with E-state index in [2.05, 4.69) is 20.8 Å². The molecule has 56 heavy (non-hydrogen) atoms. The van der Waals surface area contributed by atoms with Crippen molar-refractivity contribution in [2.75, 3.05) is 5.32 Å². The molecule has 0 aliphatic heterocycles. The van der Waals surface area contributed by atoms with E-state index in [1.54, 1.807) is 96.3 Å². The highest BCUT2D eigenvalue weighted by atomic mass is 35.5. The van der Waals surface area contributed by atoms with Crippen LogP contribution in [-0.2, 0) is 14.1 Å². The van der Waals surface area contributed by atoms with Crippen molar-refractivity contribution in [3.8, 4) is 43.7 Å². The van der Waals surface area contributed by atoms with Crippen molar-refractivity contribution in [1.29, 1.82) is 0 Å². The molecule has 0 bridgehead atoms. The maximum absolute atomic E-state index is 14.1. The normalized spacial score (nSPS) is 12.3. The van der Waals surface area contributed by atoms with E-state index < -0.39 is 11.7 Å². The van der Waals surface area contributed by atoms with Crippen molar-refractivity contribution < 1.29 is 22.8 Å². The van der Waals surface area contributed by atoms with Gasteiger partial charge in [-0.05, 0) is 91.7 Å². The fraction of sp³-hybridized carbons (Fsp3) is 0.0952. The zero-order valence-corrected chi connectivity index (χ0v) is 32.3. The van der Waals surface area contributed by atoms with Crippen LogP contribution in [0.1, 0.15) is 32.2 Å². The largest absolute Gasteiger partial charge is 0.320 e. The van der Waals surface area contributed by atoms with Crippen LogP contribution in [0, 0.1) is 17.5 Å². The van der Waals surface area contributed by atoms with Gasteiger partial charge in [-0.1, -0.05) is 54.1 Å². The maximum Gasteiger partial charge on any atom is 0.265 e. The third kappa shape index (κ3) is 8.45. The minimum Gasteiger partial charge on any atom is -0.320 e. The molecule has 2 amide bonds. The van der Waals surface area contributed by atoms with Crippen LogP contribution < -0.4 is 10.6 Å². The van der Waals surface area contributed by atoms with Crippen molar-refractivity contribution in [1.82, 2.24) is 24.9 Å². The van der Waals surface area contributed by atoms with Crippen LogP contribution >= 0.6 is 34.3 Å². The van der Waals surface area contributed by atoms with Crippen LogP contribution in [0.25, 0.3) is 43.7 Å². The molecule has 0 spiro atoms. The lowest BCUT2D eigenvalue weighted by atomic mass is 10.1. The molecule has 0 radical (unpaired) electrons. The first-order chi connectivity index (χ1) is 27.0. The number of thiophene rings is 2. The zero-order valence-electron chi connectivity index (χ0n) is 29.9. The number of aryl methyl sites for hydroxylation is 2. The highest BCUT2D eigenvalue weighted by Crippen LogP contribution is 2.34. The third-order valence-corrected chi connectivity index (χ3v) is 11.3. The summed E-state index contributed by atoms with van der Waals surface area (Å²) in [6.45, 7) is 0. The number of hydrogen-bond acceptors (Lipinski definition) is 6. The van der Waals surface area contributed by atoms with E-state index in [-0.39, 0.29) is 23.2 Å². The van der Waals surface area contributed by atoms with Gasteiger partial charge in [0.25, 0.3) is 11.8 Å². The summed E-state index contributed by atoms with van der Waals surface area (Å²) < 4.78 is 45.2. The number of nitrogens with zero attached hydrogens (tertiary/aromatic N) is 4. The number of benzene rings is 3. The van der Waals surface area contributed by atoms with Crippen LogP contribution in [0.2, 0.25) is 0 Å². The molecule has 2 N–H and O–H groups in total. The number of rotatable bonds is 8. The minimum atomic E-state index is -0.492. The van der Waals surface area contributed by atoms with E-state index in [9.17, 15) is 22.8 Å². The number of anilines is 1. The first kappa shape index (κ1) is 38.3. The molecule has 282 valence electrons. The van der Waals surface area contributed by atoms with Gasteiger partial charge >= 0.3 is 0 Å². The van der Waals surface area contributed by atoms with Crippen molar-refractivity contribution in [2.24, 2.45) is 14.1 Å². The summed E-state index contributed by atoms with van der Waals surface area (Å²) in [6, 6.07) is 29.7. The lowest BCUT2D eigenvalue weighted by Gasteiger charge is -2.11. The topological polar surface area (TPSA) is 93.8 Å². The van der Waals surface area contributed by atoms with Gasteiger partial charge in [0, 0.05) is 30.3 Å². The summed E-state index contributed by atoms with van der Waals surface area (Å²) in [5, 5.41) is 14.9. The van der Waals surface area contributed by atoms with Gasteiger partial charge in [0.2, 0.25) is 0 Å². The van der Waals surface area contributed by atoms with Crippen LogP contribution in [0.5, 0.6) is 0 Å². The summed E-state index contributed by atoms with van der Waals surface area (Å²) >= 11 is 8.80. The minimum absolute atomic E-state index is 0.129. The number of hydrogen-bond donors (Lipinski definition) is 2. The monoisotopic (exact) mass is 808 g/mol. The third-order valence-electron chi connectivity index (χ3n) is 8.70. The SMILES string of the molecule is Cn1nc(-c2ccccc2F)cc1-c1ccc(C(=O)NC2=C(Cl)CCC=C2)s1.Cn1nc(-c2ccccc2F)cc1-c1ccc(C(=O)Nc2ccccc2F)s1. The van der Waals surface area contributed by atoms with Gasteiger partial charge in [0.05, 0.1) is 53.7 Å². The molecule has 0 unspecified atom stereocenters. The van der Waals surface area contributed by atoms with Crippen molar-refractivity contribution >= 4 is 51.8 Å². The quantitative estimate of drug-likeness (QED) is 0.160. The van der Waals surface area contributed by atoms with Gasteiger partial charge in [-0.3, -0.25) is 19.0 Å². The Labute approximate surface area is 333 Å². The molecule has 4 heterocycles. The smallest absolute Gasteiger partial charge is 0.265 e. The van der Waals surface area contributed by atoms with Crippen molar-refractivity contribution in [2.45, 2.75) is 12.8 Å². The lowest BCUT2D eigenvalue weighted by Crippen LogP contribution is -2.22. The van der Waals surface area contributed by atoms with Gasteiger partial charge in [-0.15, -0.1) is 22.7 Å². The van der Waals surface area contributed by atoms with Crippen LogP contribution in [0.4, 0.5) is 18.9 Å². The highest BCUT2D eigenvalue weighted by molar-refractivity contribution is 7.17. The van der Waals surface area contributed by atoms with Gasteiger partial charge in [0.15, 0.2) is 0 Å². The molecule has 7 aromatic rings. The van der Waals surface area contributed by atoms with Crippen molar-refractivity contribution in [3.05, 3.63) is 159 Å². The van der Waals surface area contributed by atoms with E-state index in [1.807, 2.05) is 24.3 Å². The summed E-state index contributed by atoms with van der Waals surface area (Å²) in [5.74, 6) is -1.74. The summed E-state index contributed by atoms with van der Waals surface area (Å²) in [7, 11) is 3.56. The van der Waals surface area contributed by atoms with E-state index in [1.165, 1.54) is 46.9 Å². The first-order valence-electron chi connectivity index (χ1n) is 17.3. The molecule has 0 saturated carbocycles. The number of allylic oxidation sites excluding steroid dienone is 3. The van der Waals surface area contributed by atoms with Crippen LogP contribution in [-0.4, -0.2) is 31.4 Å². The molecule has 0 saturated heterocycles. The fourth-order valence-electron chi connectivity index (χ4n) is 5.87. The summed E-state index contributed by atoms with van der Waals surface area (Å²) in [6.07, 6.45) is 5.44. The lowest BCUT2D eigenvalue weighted by molar-refractivity contribution is 0.0969. The fourth-order valence-corrected chi connectivity index (χ4v) is 7.98. The summed E-state index contributed by atoms with van der Waals surface area (Å²) in [4.78, 5) is 27.7. The molecule has 3 aromatic carbocycles. The maximum atomic E-state index is 14.1. The average Bonchev–Trinajstić information content (AvgIpc) is 4.01. The number of nitrogens with one attached hydrogen (secondary N) is 2. The molecule has 4 aromatic heterocycles. The standard InChI is InChI=1S/C21H17ClFN3OS.C21H15F2N3OS/c1-26-18(12-17(25-26)13-6-2-4-8-15(13)23)19-10-11-20(28-19)21(27)24-16-9-5-3-7-14(16)22;1-26-18(12-17(25-26)13-6-2-3-7-14(13)22)19-10-11-20(28-19)21(27)24-16-9-5-4-8-15(16)23/h2,4-6,8-12H,3,7H2,1H3,(H,24,27);2-12H,1H3,(H,24,27). The first-order valence-corrected chi connectivity index (χ1v) is 19.3. The zero-order chi connectivity index (χ0) is 39.3. The van der Waals surface area contributed by atoms with Gasteiger partial charge < -0.3 is 10.6 Å². The number of carbonyl (C=O) groups excluding carboxylic acids is 2. The predicted molar refractivity (Wildman–Crippen MR) is 217 cm³/mol. The molecule has 8 nitrogen and oxygen atoms in total. The Morgan fingerprint density at radius 2 is 1.14 bits per heavy atom. The Bertz CT molecular complexity index is 2640. The van der Waals surface area contributed by atoms with E-state index in [0.29, 0.717) is 43.0 Å². The number of carbonyl (C=O) groups is 2. The Balaban J connectivity index is 0.000000172. The number of halogens is 4. The van der Waals surface area contributed by atoms with Gasteiger partial charge in [0.1, 0.15) is 17.5 Å². The average molecular weight is 809 g/mol. The Kier molecular flexibility index (Phi) is 11.5. The van der Waals surface area contributed by atoms with E-state index in [0.717, 1.165) is 34.0 Å². The second-order valence-corrected chi connectivity index (χ2v) is 15.1. The van der Waals surface area contributed by atoms with Gasteiger partial charge in [-0.2, -0.15) is 10.2 Å². The predicted octanol–water partition coefficient (Wildman–Crippen LogP) is 10.8. The highest BCUT2D eigenvalue weighted by Gasteiger charge is 2.19. The summed E-state index contributed by atoms with van der Waals surface area (Å²) in [5.41, 5.74) is 4.29. The number of para-hydroxylation sites is 1. The molecule has 1 aliphatic carbocycles. The second kappa shape index (κ2) is 16.8. The molecule has 1 aliphatic rings. The molecular formula is C42H32ClF3N6O2S2. The van der Waals surface area contributed by atoms with Crippen LogP contribution in [0.15, 0.2) is 132 Å². The number of aromatic nitrogens is 4. The molecule has 14 heteroatoms. The Morgan fingerprint density at radius 3 is 1.64 bits per heavy atom. The number of amides is 2. The molecular weight excluding hydrogens is 777 g/mol. The van der Waals surface area contributed by atoms with Crippen LogP contribution in [0.3, 0.4) is 0 Å².